The van der Waals surface area contributed by atoms with Crippen LogP contribution in [0.1, 0.15) is 57.6 Å². The molecule has 0 bridgehead atoms. The lowest BCUT2D eigenvalue weighted by Gasteiger charge is -2.30. The van der Waals surface area contributed by atoms with Crippen molar-refractivity contribution in [3.05, 3.63) is 59.7 Å². The molecule has 4 heteroatoms. The molecule has 1 saturated carbocycles. The number of hydrogen-bond donors (Lipinski definition) is 1. The first-order valence-corrected chi connectivity index (χ1v) is 10.5. The second-order valence-corrected chi connectivity index (χ2v) is 9.06. The average Bonchev–Trinajstić information content (AvgIpc) is 3.20. The summed E-state index contributed by atoms with van der Waals surface area (Å²) >= 11 is 0. The number of hydrogen-bond acceptors (Lipinski definition) is 3. The lowest BCUT2D eigenvalue weighted by atomic mass is 9.79. The van der Waals surface area contributed by atoms with Gasteiger partial charge < -0.3 is 14.8 Å². The monoisotopic (exact) mass is 395 g/mol. The Morgan fingerprint density at radius 2 is 1.55 bits per heavy atom. The van der Waals surface area contributed by atoms with Gasteiger partial charge in [-0.15, -0.1) is 0 Å². The van der Waals surface area contributed by atoms with Crippen molar-refractivity contribution in [3.63, 3.8) is 0 Å². The van der Waals surface area contributed by atoms with Gasteiger partial charge in [0.1, 0.15) is 11.5 Å². The molecule has 0 saturated heterocycles. The molecule has 0 aromatic heterocycles. The van der Waals surface area contributed by atoms with Crippen molar-refractivity contribution in [2.75, 3.05) is 20.3 Å². The van der Waals surface area contributed by atoms with E-state index in [1.54, 1.807) is 7.11 Å². The van der Waals surface area contributed by atoms with E-state index >= 15 is 0 Å². The minimum Gasteiger partial charge on any atom is -0.497 e. The fourth-order valence-electron chi connectivity index (χ4n) is 4.08. The number of benzene rings is 2. The van der Waals surface area contributed by atoms with Crippen molar-refractivity contribution in [3.8, 4) is 11.5 Å². The van der Waals surface area contributed by atoms with Gasteiger partial charge in [-0.1, -0.05) is 57.9 Å². The largest absolute Gasteiger partial charge is 0.497 e. The molecule has 0 radical (unpaired) electrons. The first-order chi connectivity index (χ1) is 13.8. The highest BCUT2D eigenvalue weighted by atomic mass is 16.5. The maximum atomic E-state index is 12.4. The molecule has 1 aliphatic carbocycles. The summed E-state index contributed by atoms with van der Waals surface area (Å²) in [4.78, 5) is 12.4. The number of nitrogens with one attached hydrogen (secondary N) is 1. The summed E-state index contributed by atoms with van der Waals surface area (Å²) in [5.74, 6) is 1.50. The van der Waals surface area contributed by atoms with E-state index in [-0.39, 0.29) is 23.3 Å². The first kappa shape index (κ1) is 21.2. The number of carbonyl (C=O) groups excluding carboxylic acids is 1. The highest BCUT2D eigenvalue weighted by Crippen LogP contribution is 2.41. The predicted octanol–water partition coefficient (Wildman–Crippen LogP) is 5.00. The number of amides is 1. The topological polar surface area (TPSA) is 47.6 Å². The zero-order chi connectivity index (χ0) is 20.9. The Balaban J connectivity index is 1.55. The van der Waals surface area contributed by atoms with Gasteiger partial charge in [-0.2, -0.15) is 0 Å². The molecule has 0 aliphatic heterocycles. The standard InChI is InChI=1S/C25H33NO3/c1-24(2,3)19-7-13-22(14-8-19)29-17-23(27)26-18-25(15-5-6-16-25)20-9-11-21(28-4)12-10-20/h7-14H,5-6,15-18H2,1-4H3,(H,26,27). The van der Waals surface area contributed by atoms with E-state index < -0.39 is 0 Å². The fourth-order valence-corrected chi connectivity index (χ4v) is 4.08. The van der Waals surface area contributed by atoms with Crippen LogP contribution < -0.4 is 14.8 Å². The van der Waals surface area contributed by atoms with Gasteiger partial charge >= 0.3 is 0 Å². The minimum absolute atomic E-state index is 0.0102. The molecule has 1 N–H and O–H groups in total. The fraction of sp³-hybridized carbons (Fsp3) is 0.480. The Labute approximate surface area is 174 Å². The molecule has 2 aromatic carbocycles. The zero-order valence-corrected chi connectivity index (χ0v) is 18.1. The third kappa shape index (κ3) is 5.31. The zero-order valence-electron chi connectivity index (χ0n) is 18.1. The van der Waals surface area contributed by atoms with E-state index in [1.165, 1.54) is 24.0 Å². The number of methoxy groups -OCH3 is 1. The van der Waals surface area contributed by atoms with Crippen LogP contribution in [0.2, 0.25) is 0 Å². The van der Waals surface area contributed by atoms with Crippen LogP contribution in [0.25, 0.3) is 0 Å². The summed E-state index contributed by atoms with van der Waals surface area (Å²) < 4.78 is 11.0. The van der Waals surface area contributed by atoms with Gasteiger partial charge in [0, 0.05) is 12.0 Å². The van der Waals surface area contributed by atoms with Crippen LogP contribution in [0, 0.1) is 0 Å². The second-order valence-electron chi connectivity index (χ2n) is 9.06. The summed E-state index contributed by atoms with van der Waals surface area (Å²) in [5.41, 5.74) is 2.63. The smallest absolute Gasteiger partial charge is 0.257 e. The summed E-state index contributed by atoms with van der Waals surface area (Å²) in [6.45, 7) is 7.21. The normalized spacial score (nSPS) is 15.7. The molecular formula is C25H33NO3. The molecule has 1 fully saturated rings. The Hall–Kier alpha value is -2.49. The molecule has 2 aromatic rings. The van der Waals surface area contributed by atoms with Crippen molar-refractivity contribution >= 4 is 5.91 Å². The van der Waals surface area contributed by atoms with E-state index in [2.05, 4.69) is 50.4 Å². The van der Waals surface area contributed by atoms with E-state index in [4.69, 9.17) is 9.47 Å². The van der Waals surface area contributed by atoms with Crippen molar-refractivity contribution < 1.29 is 14.3 Å². The van der Waals surface area contributed by atoms with E-state index in [0.29, 0.717) is 6.54 Å². The molecule has 3 rings (SSSR count). The number of carbonyl (C=O) groups is 1. The van der Waals surface area contributed by atoms with Gasteiger partial charge in [-0.05, 0) is 53.6 Å². The van der Waals surface area contributed by atoms with E-state index in [1.807, 2.05) is 24.3 Å². The van der Waals surface area contributed by atoms with Gasteiger partial charge in [-0.3, -0.25) is 4.79 Å². The van der Waals surface area contributed by atoms with Crippen molar-refractivity contribution in [1.82, 2.24) is 5.32 Å². The van der Waals surface area contributed by atoms with E-state index in [9.17, 15) is 4.79 Å². The van der Waals surface area contributed by atoms with Crippen LogP contribution in [0.15, 0.2) is 48.5 Å². The van der Waals surface area contributed by atoms with Gasteiger partial charge in [0.25, 0.3) is 5.91 Å². The van der Waals surface area contributed by atoms with Gasteiger partial charge in [0.2, 0.25) is 0 Å². The molecule has 156 valence electrons. The van der Waals surface area contributed by atoms with E-state index in [0.717, 1.165) is 24.3 Å². The third-order valence-electron chi connectivity index (χ3n) is 5.98. The summed E-state index contributed by atoms with van der Waals surface area (Å²) in [5, 5.41) is 3.10. The Morgan fingerprint density at radius 3 is 2.10 bits per heavy atom. The summed E-state index contributed by atoms with van der Waals surface area (Å²) in [6, 6.07) is 16.2. The van der Waals surface area contributed by atoms with Gasteiger partial charge in [0.15, 0.2) is 6.61 Å². The minimum atomic E-state index is -0.0790. The molecule has 29 heavy (non-hydrogen) atoms. The van der Waals surface area contributed by atoms with Crippen LogP contribution in [-0.2, 0) is 15.6 Å². The summed E-state index contributed by atoms with van der Waals surface area (Å²) in [7, 11) is 1.68. The molecule has 0 spiro atoms. The highest BCUT2D eigenvalue weighted by molar-refractivity contribution is 5.77. The van der Waals surface area contributed by atoms with Crippen LogP contribution in [-0.4, -0.2) is 26.2 Å². The molecule has 1 amide bonds. The summed E-state index contributed by atoms with van der Waals surface area (Å²) in [6.07, 6.45) is 4.57. The second kappa shape index (κ2) is 8.89. The third-order valence-corrected chi connectivity index (χ3v) is 5.98. The maximum Gasteiger partial charge on any atom is 0.257 e. The average molecular weight is 396 g/mol. The maximum absolute atomic E-state index is 12.4. The Bertz CT molecular complexity index is 797. The molecule has 4 nitrogen and oxygen atoms in total. The predicted molar refractivity (Wildman–Crippen MR) is 117 cm³/mol. The Kier molecular flexibility index (Phi) is 6.51. The SMILES string of the molecule is COc1ccc(C2(CNC(=O)COc3ccc(C(C)(C)C)cc3)CCCC2)cc1. The van der Waals surface area contributed by atoms with Crippen molar-refractivity contribution in [1.29, 1.82) is 0 Å². The molecule has 0 heterocycles. The molecular weight excluding hydrogens is 362 g/mol. The van der Waals surface area contributed by atoms with Gasteiger partial charge in [0.05, 0.1) is 7.11 Å². The van der Waals surface area contributed by atoms with Crippen LogP contribution >= 0.6 is 0 Å². The highest BCUT2D eigenvalue weighted by Gasteiger charge is 2.35. The quantitative estimate of drug-likeness (QED) is 0.718. The molecule has 0 unspecified atom stereocenters. The lowest BCUT2D eigenvalue weighted by Crippen LogP contribution is -2.40. The molecule has 0 atom stereocenters. The van der Waals surface area contributed by atoms with Crippen molar-refractivity contribution in [2.45, 2.75) is 57.3 Å². The van der Waals surface area contributed by atoms with Crippen LogP contribution in [0.3, 0.4) is 0 Å². The van der Waals surface area contributed by atoms with Gasteiger partial charge in [-0.25, -0.2) is 0 Å². The number of ether oxygens (including phenoxy) is 2. The molecule has 1 aliphatic rings. The van der Waals surface area contributed by atoms with Crippen molar-refractivity contribution in [2.24, 2.45) is 0 Å². The Morgan fingerprint density at radius 1 is 0.966 bits per heavy atom. The van der Waals surface area contributed by atoms with Crippen LogP contribution in [0.5, 0.6) is 11.5 Å². The first-order valence-electron chi connectivity index (χ1n) is 10.5. The number of rotatable bonds is 7. The van der Waals surface area contributed by atoms with Crippen LogP contribution in [0.4, 0.5) is 0 Å². The lowest BCUT2D eigenvalue weighted by molar-refractivity contribution is -0.123.